The van der Waals surface area contributed by atoms with Gasteiger partial charge in [0, 0.05) is 32.3 Å². The Balaban J connectivity index is 0.00000129. The maximum atomic E-state index is 11.7. The van der Waals surface area contributed by atoms with Crippen LogP contribution < -0.4 is 4.74 Å². The summed E-state index contributed by atoms with van der Waals surface area (Å²) in [5.41, 5.74) is 1.99. The first-order chi connectivity index (χ1) is 15.5. The van der Waals surface area contributed by atoms with Gasteiger partial charge in [-0.2, -0.15) is 17.5 Å². The third-order valence-electron chi connectivity index (χ3n) is 5.03. The average molecular weight is 497 g/mol. The Morgan fingerprint density at radius 2 is 1.85 bits per heavy atom. The minimum atomic E-state index is -4.00. The van der Waals surface area contributed by atoms with Gasteiger partial charge >= 0.3 is 12.1 Å². The van der Waals surface area contributed by atoms with Crippen LogP contribution in [0.5, 0.6) is 5.88 Å². The molecule has 2 heterocycles. The number of likely N-dealkylation sites (N-methyl/N-ethyl adjacent to an activating group) is 1. The van der Waals surface area contributed by atoms with E-state index < -0.39 is 6.18 Å². The van der Waals surface area contributed by atoms with Crippen LogP contribution in [0.4, 0.5) is 13.2 Å². The van der Waals surface area contributed by atoms with E-state index in [0.717, 1.165) is 37.2 Å². The molecular formula is C23H41F3N3O3S+. The minimum Gasteiger partial charge on any atom is -0.475 e. The molecule has 1 aromatic rings. The second-order valence-corrected chi connectivity index (χ2v) is 8.46. The third-order valence-corrected chi connectivity index (χ3v) is 5.54. The molecule has 0 aliphatic carbocycles. The van der Waals surface area contributed by atoms with Crippen molar-refractivity contribution in [3.8, 4) is 5.88 Å². The molecule has 1 aromatic heterocycles. The van der Waals surface area contributed by atoms with E-state index in [9.17, 15) is 18.0 Å². The maximum absolute atomic E-state index is 11.7. The highest BCUT2D eigenvalue weighted by Gasteiger charge is 2.36. The van der Waals surface area contributed by atoms with Crippen molar-refractivity contribution >= 4 is 23.3 Å². The second kappa shape index (κ2) is 16.0. The van der Waals surface area contributed by atoms with E-state index >= 15 is 0 Å². The molecule has 0 radical (unpaired) electrons. The summed E-state index contributed by atoms with van der Waals surface area (Å²) in [7, 11) is 2.13. The van der Waals surface area contributed by atoms with E-state index in [2.05, 4.69) is 28.8 Å². The lowest BCUT2D eigenvalue weighted by molar-refractivity contribution is -0.944. The van der Waals surface area contributed by atoms with Gasteiger partial charge in [0.05, 0.1) is 31.9 Å². The van der Waals surface area contributed by atoms with Crippen LogP contribution in [0.15, 0.2) is 6.08 Å². The molecule has 1 aliphatic rings. The molecule has 10 heteroatoms. The van der Waals surface area contributed by atoms with Gasteiger partial charge in [0.1, 0.15) is 12.2 Å². The lowest BCUT2D eigenvalue weighted by Crippen LogP contribution is -2.55. The summed E-state index contributed by atoms with van der Waals surface area (Å²) in [6, 6.07) is 0. The number of alkyl halides is 3. The van der Waals surface area contributed by atoms with Crippen molar-refractivity contribution in [3.63, 3.8) is 0 Å². The SMILES string of the molecule is CC.CC(F)(F)F.CCCCCCOc1nsnc1C1=CCC[N+](C)(C(C)OC(=O)CC)C1. The molecule has 0 N–H and O–H groups in total. The van der Waals surface area contributed by atoms with E-state index in [1.165, 1.54) is 31.0 Å². The first-order valence-corrected chi connectivity index (χ1v) is 12.5. The van der Waals surface area contributed by atoms with Crippen LogP contribution in [0.3, 0.4) is 0 Å². The number of hydrogen-bond donors (Lipinski definition) is 0. The number of halogens is 3. The third kappa shape index (κ3) is 13.0. The number of hydrogen-bond acceptors (Lipinski definition) is 6. The highest BCUT2D eigenvalue weighted by atomic mass is 32.1. The molecule has 2 rings (SSSR count). The molecule has 33 heavy (non-hydrogen) atoms. The highest BCUT2D eigenvalue weighted by molar-refractivity contribution is 6.99. The van der Waals surface area contributed by atoms with Gasteiger partial charge in [-0.25, -0.2) is 0 Å². The molecular weight excluding hydrogens is 455 g/mol. The topological polar surface area (TPSA) is 61.3 Å². The maximum Gasteiger partial charge on any atom is 0.386 e. The highest BCUT2D eigenvalue weighted by Crippen LogP contribution is 2.31. The molecule has 0 aromatic carbocycles. The second-order valence-electron chi connectivity index (χ2n) is 7.93. The van der Waals surface area contributed by atoms with Crippen molar-refractivity contribution in [1.29, 1.82) is 0 Å². The molecule has 2 atom stereocenters. The standard InChI is InChI=1S/C19H32N3O3S.C2H3F3.C2H6/c1-5-7-8-9-13-24-19-18(20-26-21-19)16-11-10-12-22(4,14-16)15(3)25-17(23)6-2;1-2(3,4)5;1-2/h11,15H,5-10,12-14H2,1-4H3;1H3;1-2H3/q+1;;. The smallest absolute Gasteiger partial charge is 0.386 e. The zero-order valence-electron chi connectivity index (χ0n) is 21.1. The predicted octanol–water partition coefficient (Wildman–Crippen LogP) is 6.62. The zero-order chi connectivity index (χ0) is 25.5. The van der Waals surface area contributed by atoms with Gasteiger partial charge in [0.15, 0.2) is 0 Å². The fraction of sp³-hybridized carbons (Fsp3) is 0.783. The van der Waals surface area contributed by atoms with E-state index in [4.69, 9.17) is 9.47 Å². The average Bonchev–Trinajstić information content (AvgIpc) is 3.22. The molecule has 0 spiro atoms. The van der Waals surface area contributed by atoms with Crippen LogP contribution >= 0.6 is 11.7 Å². The Morgan fingerprint density at radius 3 is 2.42 bits per heavy atom. The van der Waals surface area contributed by atoms with E-state index in [0.29, 0.717) is 23.4 Å². The molecule has 1 aliphatic heterocycles. The Morgan fingerprint density at radius 1 is 1.21 bits per heavy atom. The largest absolute Gasteiger partial charge is 0.475 e. The number of ether oxygens (including phenoxy) is 2. The number of carbonyl (C=O) groups is 1. The van der Waals surface area contributed by atoms with Gasteiger partial charge in [-0.15, -0.1) is 4.37 Å². The Hall–Kier alpha value is -1.68. The number of nitrogens with zero attached hydrogens (tertiary/aromatic N) is 3. The summed E-state index contributed by atoms with van der Waals surface area (Å²) in [6.07, 6.45) is 4.04. The predicted molar refractivity (Wildman–Crippen MR) is 127 cm³/mol. The van der Waals surface area contributed by atoms with Crippen LogP contribution in [-0.2, 0) is 9.53 Å². The van der Waals surface area contributed by atoms with Crippen molar-refractivity contribution in [2.24, 2.45) is 0 Å². The lowest BCUT2D eigenvalue weighted by Gasteiger charge is -2.41. The van der Waals surface area contributed by atoms with Crippen LogP contribution in [0.25, 0.3) is 5.57 Å². The van der Waals surface area contributed by atoms with Crippen LogP contribution in [0, 0.1) is 0 Å². The Bertz CT molecular complexity index is 705. The zero-order valence-corrected chi connectivity index (χ0v) is 21.9. The fourth-order valence-corrected chi connectivity index (χ4v) is 3.65. The van der Waals surface area contributed by atoms with Crippen LogP contribution in [-0.4, -0.2) is 58.3 Å². The Kier molecular flexibility index (Phi) is 15.2. The molecule has 6 nitrogen and oxygen atoms in total. The molecule has 192 valence electrons. The van der Waals surface area contributed by atoms with E-state index in [-0.39, 0.29) is 19.1 Å². The number of unbranched alkanes of at least 4 members (excludes halogenated alkanes) is 3. The van der Waals surface area contributed by atoms with Crippen LogP contribution in [0.1, 0.15) is 85.8 Å². The van der Waals surface area contributed by atoms with Crippen LogP contribution in [0.2, 0.25) is 0 Å². The monoisotopic (exact) mass is 496 g/mol. The summed E-state index contributed by atoms with van der Waals surface area (Å²) in [5.74, 6) is 0.490. The first kappa shape index (κ1) is 31.3. The van der Waals surface area contributed by atoms with Gasteiger partial charge < -0.3 is 9.47 Å². The molecule has 2 unspecified atom stereocenters. The van der Waals surface area contributed by atoms with Gasteiger partial charge in [-0.3, -0.25) is 9.28 Å². The number of quaternary nitrogens is 1. The van der Waals surface area contributed by atoms with Gasteiger partial charge in [-0.05, 0) is 6.42 Å². The normalized spacial score (nSPS) is 18.7. The summed E-state index contributed by atoms with van der Waals surface area (Å²) in [6.45, 7) is 12.6. The van der Waals surface area contributed by atoms with Crippen molar-refractivity contribution in [3.05, 3.63) is 11.8 Å². The van der Waals surface area contributed by atoms with Crippen molar-refractivity contribution in [2.75, 3.05) is 26.7 Å². The fourth-order valence-electron chi connectivity index (χ4n) is 3.12. The molecule has 0 bridgehead atoms. The van der Waals surface area contributed by atoms with Crippen molar-refractivity contribution in [2.45, 2.75) is 92.5 Å². The summed E-state index contributed by atoms with van der Waals surface area (Å²) in [4.78, 5) is 11.7. The summed E-state index contributed by atoms with van der Waals surface area (Å²) >= 11 is 1.19. The number of rotatable bonds is 10. The van der Waals surface area contributed by atoms with Gasteiger partial charge in [0.2, 0.25) is 6.23 Å². The van der Waals surface area contributed by atoms with E-state index in [1.54, 1.807) is 0 Å². The lowest BCUT2D eigenvalue weighted by atomic mass is 10.0. The van der Waals surface area contributed by atoms with Gasteiger partial charge in [-0.1, -0.05) is 53.0 Å². The van der Waals surface area contributed by atoms with Crippen molar-refractivity contribution in [1.82, 2.24) is 8.75 Å². The number of aromatic nitrogens is 2. The molecule has 0 saturated carbocycles. The first-order valence-electron chi connectivity index (χ1n) is 11.7. The van der Waals surface area contributed by atoms with E-state index in [1.807, 2.05) is 27.7 Å². The summed E-state index contributed by atoms with van der Waals surface area (Å²) < 4.78 is 52.0. The minimum absolute atomic E-state index is 0.153. The quantitative estimate of drug-likeness (QED) is 0.207. The van der Waals surface area contributed by atoms with Gasteiger partial charge in [0.25, 0.3) is 5.88 Å². The molecule has 0 saturated heterocycles. The number of carbonyl (C=O) groups excluding carboxylic acids is 1. The summed E-state index contributed by atoms with van der Waals surface area (Å²) in [5, 5.41) is 0. The van der Waals surface area contributed by atoms with Crippen molar-refractivity contribution < 1.29 is 31.9 Å². The molecule has 0 amide bonds. The Labute approximate surface area is 201 Å². The number of esters is 1. The molecule has 0 fully saturated rings.